The van der Waals surface area contributed by atoms with Gasteiger partial charge in [-0.2, -0.15) is 0 Å². The molecular weight excluding hydrogens is 368 g/mol. The molecule has 2 fully saturated rings. The Kier molecular flexibility index (Phi) is 5.49. The first kappa shape index (κ1) is 19.4. The highest BCUT2D eigenvalue weighted by Crippen LogP contribution is 2.43. The van der Waals surface area contributed by atoms with Crippen LogP contribution in [-0.2, 0) is 4.79 Å². The average Bonchev–Trinajstić information content (AvgIpc) is 3.32. The van der Waals surface area contributed by atoms with Crippen LogP contribution < -0.4 is 4.90 Å². The number of anilines is 1. The van der Waals surface area contributed by atoms with Gasteiger partial charge in [-0.3, -0.25) is 9.78 Å². The Morgan fingerprint density at radius 1 is 1.10 bits per heavy atom. The largest absolute Gasteiger partial charge is 0.483 e. The molecule has 2 N–H and O–H groups in total. The topological polar surface area (TPSA) is 91.5 Å². The van der Waals surface area contributed by atoms with Gasteiger partial charge in [-0.15, -0.1) is 0 Å². The number of benzene rings is 1. The summed E-state index contributed by atoms with van der Waals surface area (Å²) in [6.45, 7) is 3.88. The number of hydrogen-bond acceptors (Lipinski definition) is 5. The third-order valence-electron chi connectivity index (χ3n) is 6.19. The van der Waals surface area contributed by atoms with Gasteiger partial charge in [-0.05, 0) is 55.9 Å². The molecule has 152 valence electrons. The van der Waals surface area contributed by atoms with Crippen molar-refractivity contribution in [1.82, 2.24) is 14.5 Å². The summed E-state index contributed by atoms with van der Waals surface area (Å²) in [6, 6.07) is 12.6. The maximum Gasteiger partial charge on any atom is 0.290 e. The highest BCUT2D eigenvalue weighted by molar-refractivity contribution is 5.75. The van der Waals surface area contributed by atoms with Crippen LogP contribution in [0.4, 0.5) is 5.69 Å². The first-order valence-corrected chi connectivity index (χ1v) is 9.95. The van der Waals surface area contributed by atoms with Gasteiger partial charge in [-0.1, -0.05) is 12.1 Å². The number of hydrogen-bond donors (Lipinski definition) is 2. The molecule has 3 aromatic rings. The zero-order chi connectivity index (χ0) is 20.4. The fourth-order valence-electron chi connectivity index (χ4n) is 4.89. The molecule has 3 heterocycles. The van der Waals surface area contributed by atoms with E-state index in [9.17, 15) is 5.11 Å². The van der Waals surface area contributed by atoms with E-state index in [1.165, 1.54) is 5.69 Å². The fraction of sp³-hybridized carbons (Fsp3) is 0.409. The number of carbonyl (C=O) groups is 1. The second-order valence-electron chi connectivity index (χ2n) is 7.93. The lowest BCUT2D eigenvalue weighted by molar-refractivity contribution is -0.122. The molecule has 7 nitrogen and oxygen atoms in total. The summed E-state index contributed by atoms with van der Waals surface area (Å²) in [7, 11) is 0. The third-order valence-corrected chi connectivity index (χ3v) is 6.19. The molecule has 7 heteroatoms. The lowest BCUT2D eigenvalue weighted by Gasteiger charge is -2.36. The number of nitrogens with zero attached hydrogens (tertiary/aromatic N) is 4. The van der Waals surface area contributed by atoms with E-state index in [0.29, 0.717) is 11.8 Å². The van der Waals surface area contributed by atoms with E-state index in [0.717, 1.165) is 42.7 Å². The average molecular weight is 394 g/mol. The van der Waals surface area contributed by atoms with Crippen molar-refractivity contribution < 1.29 is 15.0 Å². The molecule has 0 spiro atoms. The van der Waals surface area contributed by atoms with Crippen LogP contribution in [0.3, 0.4) is 0 Å². The second-order valence-corrected chi connectivity index (χ2v) is 7.93. The Balaban J connectivity index is 0.000000645. The van der Waals surface area contributed by atoms with Gasteiger partial charge in [0.15, 0.2) is 0 Å². The number of aliphatic hydroxyl groups excluding tert-OH is 1. The molecule has 0 unspecified atom stereocenters. The number of carboxylic acid groups (broad SMARTS) is 1. The molecule has 29 heavy (non-hydrogen) atoms. The van der Waals surface area contributed by atoms with Crippen molar-refractivity contribution in [3.63, 3.8) is 0 Å². The molecule has 1 aromatic carbocycles. The fourth-order valence-corrected chi connectivity index (χ4v) is 4.89. The third kappa shape index (κ3) is 3.82. The van der Waals surface area contributed by atoms with Crippen molar-refractivity contribution in [2.45, 2.75) is 31.9 Å². The molecule has 4 atom stereocenters. The van der Waals surface area contributed by atoms with Crippen molar-refractivity contribution in [3.8, 4) is 0 Å². The number of fused-ring (bicyclic) bond motifs is 2. The van der Waals surface area contributed by atoms with Crippen molar-refractivity contribution in [2.24, 2.45) is 11.8 Å². The zero-order valence-electron chi connectivity index (χ0n) is 16.4. The van der Waals surface area contributed by atoms with Gasteiger partial charge in [0.2, 0.25) is 0 Å². The number of aromatic nitrogens is 3. The van der Waals surface area contributed by atoms with Gasteiger partial charge in [0.1, 0.15) is 0 Å². The standard InChI is InChI=1S/C21H24N4O.CH2O2/c1-14-8-17(6-7-22-14)24-11-15-9-20(21(26)10-16(15)12-24)25-13-23-18-4-2-3-5-19(18)25;2-1-3/h2-8,13,15-16,20-21,26H,9-12H2,1H3;1H,(H,2,3)/t15-,16+,20-,21-;/m1./s1. The first-order valence-electron chi connectivity index (χ1n) is 9.95. The number of para-hydroxylation sites is 2. The Labute approximate surface area is 169 Å². The Bertz CT molecular complexity index is 989. The molecule has 2 aromatic heterocycles. The monoisotopic (exact) mass is 394 g/mol. The molecule has 0 amide bonds. The highest BCUT2D eigenvalue weighted by atomic mass is 16.3. The van der Waals surface area contributed by atoms with E-state index in [2.05, 4.69) is 37.6 Å². The quantitative estimate of drug-likeness (QED) is 0.650. The van der Waals surface area contributed by atoms with Crippen LogP contribution in [0.1, 0.15) is 24.6 Å². The van der Waals surface area contributed by atoms with E-state index in [4.69, 9.17) is 9.90 Å². The summed E-state index contributed by atoms with van der Waals surface area (Å²) in [5.41, 5.74) is 4.43. The minimum absolute atomic E-state index is 0.114. The maximum absolute atomic E-state index is 10.9. The molecule has 2 aliphatic rings. The summed E-state index contributed by atoms with van der Waals surface area (Å²) in [4.78, 5) is 19.7. The Morgan fingerprint density at radius 3 is 2.59 bits per heavy atom. The van der Waals surface area contributed by atoms with Gasteiger partial charge in [0.25, 0.3) is 6.47 Å². The first-order chi connectivity index (χ1) is 14.1. The zero-order valence-corrected chi connectivity index (χ0v) is 16.4. The molecule has 1 aliphatic carbocycles. The predicted octanol–water partition coefficient (Wildman–Crippen LogP) is 2.89. The van der Waals surface area contributed by atoms with Crippen LogP contribution in [0, 0.1) is 18.8 Å². The van der Waals surface area contributed by atoms with Crippen molar-refractivity contribution in [1.29, 1.82) is 0 Å². The van der Waals surface area contributed by atoms with Gasteiger partial charge in [0.05, 0.1) is 29.5 Å². The smallest absolute Gasteiger partial charge is 0.290 e. The van der Waals surface area contributed by atoms with Crippen molar-refractivity contribution in [2.75, 3.05) is 18.0 Å². The number of aryl methyl sites for hydroxylation is 1. The summed E-state index contributed by atoms with van der Waals surface area (Å²) >= 11 is 0. The van der Waals surface area contributed by atoms with Crippen molar-refractivity contribution >= 4 is 23.2 Å². The number of rotatable bonds is 2. The minimum Gasteiger partial charge on any atom is -0.483 e. The molecule has 1 saturated carbocycles. The van der Waals surface area contributed by atoms with Gasteiger partial charge >= 0.3 is 0 Å². The van der Waals surface area contributed by atoms with E-state index >= 15 is 0 Å². The summed E-state index contributed by atoms with van der Waals surface area (Å²) in [5.74, 6) is 1.17. The molecular formula is C22H26N4O3. The minimum atomic E-state index is -0.312. The van der Waals surface area contributed by atoms with Gasteiger partial charge in [-0.25, -0.2) is 4.98 Å². The van der Waals surface area contributed by atoms with Crippen LogP contribution in [0.2, 0.25) is 0 Å². The van der Waals surface area contributed by atoms with Crippen LogP contribution in [0.25, 0.3) is 11.0 Å². The van der Waals surface area contributed by atoms with Crippen LogP contribution in [-0.4, -0.2) is 50.4 Å². The predicted molar refractivity (Wildman–Crippen MR) is 111 cm³/mol. The van der Waals surface area contributed by atoms with Crippen molar-refractivity contribution in [3.05, 3.63) is 54.6 Å². The van der Waals surface area contributed by atoms with E-state index in [1.807, 2.05) is 37.6 Å². The summed E-state index contributed by atoms with van der Waals surface area (Å²) in [5, 5.41) is 17.8. The molecule has 5 rings (SSSR count). The van der Waals surface area contributed by atoms with E-state index in [1.54, 1.807) is 0 Å². The second kappa shape index (κ2) is 8.21. The normalized spacial score (nSPS) is 25.9. The summed E-state index contributed by atoms with van der Waals surface area (Å²) in [6.07, 6.45) is 5.35. The number of aliphatic hydroxyl groups is 1. The van der Waals surface area contributed by atoms with Gasteiger partial charge in [0, 0.05) is 30.7 Å². The van der Waals surface area contributed by atoms with Crippen LogP contribution in [0.5, 0.6) is 0 Å². The number of pyridine rings is 1. The maximum atomic E-state index is 10.9. The Morgan fingerprint density at radius 2 is 1.83 bits per heavy atom. The summed E-state index contributed by atoms with van der Waals surface area (Å²) < 4.78 is 2.19. The molecule has 0 bridgehead atoms. The number of imidazole rings is 1. The molecule has 0 radical (unpaired) electrons. The molecule has 1 aliphatic heterocycles. The van der Waals surface area contributed by atoms with E-state index < -0.39 is 0 Å². The lowest BCUT2D eigenvalue weighted by atomic mass is 9.77. The Hall–Kier alpha value is -2.93. The SMILES string of the molecule is Cc1cc(N2C[C@H]3C[C@@H](n4cnc5ccccc54)[C@H](O)C[C@H]3C2)ccn1.O=CO. The van der Waals surface area contributed by atoms with E-state index in [-0.39, 0.29) is 18.6 Å². The highest BCUT2D eigenvalue weighted by Gasteiger charge is 2.42. The van der Waals surface area contributed by atoms with Crippen LogP contribution >= 0.6 is 0 Å². The van der Waals surface area contributed by atoms with Crippen LogP contribution in [0.15, 0.2) is 48.9 Å². The molecule has 1 saturated heterocycles. The van der Waals surface area contributed by atoms with Gasteiger partial charge < -0.3 is 19.7 Å². The lowest BCUT2D eigenvalue weighted by Crippen LogP contribution is -2.36.